The number of esters is 2. The lowest BCUT2D eigenvalue weighted by Gasteiger charge is -2.25. The summed E-state index contributed by atoms with van der Waals surface area (Å²) in [7, 11) is 0. The van der Waals surface area contributed by atoms with Crippen LogP contribution in [0.15, 0.2) is 75.1 Å². The quantitative estimate of drug-likeness (QED) is 0.0365. The van der Waals surface area contributed by atoms with Gasteiger partial charge in [0.2, 0.25) is 0 Å². The average Bonchev–Trinajstić information content (AvgIpc) is 3.08. The number of ether oxygens (including phenoxy) is 4. The fourth-order valence-corrected chi connectivity index (χ4v) is 4.56. The molecule has 0 N–H and O–H groups in total. The molecule has 3 aromatic carbocycles. The van der Waals surface area contributed by atoms with Crippen LogP contribution < -0.4 is 14.4 Å². The van der Waals surface area contributed by atoms with Crippen molar-refractivity contribution in [3.8, 4) is 11.5 Å². The van der Waals surface area contributed by atoms with E-state index in [2.05, 4.69) is 20.5 Å². The van der Waals surface area contributed by atoms with Crippen molar-refractivity contribution < 1.29 is 33.5 Å². The fourth-order valence-electron chi connectivity index (χ4n) is 4.25. The Hall–Kier alpha value is -4.82. The van der Waals surface area contributed by atoms with Gasteiger partial charge in [0.05, 0.1) is 55.4 Å². The van der Waals surface area contributed by atoms with Gasteiger partial charge in [-0.05, 0) is 56.7 Å². The molecule has 49 heavy (non-hydrogen) atoms. The third-order valence-corrected chi connectivity index (χ3v) is 7.01. The number of azo groups is 2. The Morgan fingerprint density at radius 3 is 1.73 bits per heavy atom. The molecule has 0 atom stereocenters. The topological polar surface area (TPSA) is 167 Å². The van der Waals surface area contributed by atoms with E-state index in [1.807, 2.05) is 37.8 Å². The Balaban J connectivity index is 1.84. The number of rotatable bonds is 20. The molecule has 0 saturated carbocycles. The molecule has 3 aromatic rings. The van der Waals surface area contributed by atoms with E-state index >= 15 is 0 Å². The predicted molar refractivity (Wildman–Crippen MR) is 186 cm³/mol. The molecule has 0 aliphatic rings. The highest BCUT2D eigenvalue weighted by Crippen LogP contribution is 2.41. The van der Waals surface area contributed by atoms with Crippen LogP contribution in [0.1, 0.15) is 32.3 Å². The molecule has 16 heteroatoms. The highest BCUT2D eigenvalue weighted by molar-refractivity contribution is 6.19. The number of nitro groups is 1. The highest BCUT2D eigenvalue weighted by atomic mass is 35.5. The second-order valence-electron chi connectivity index (χ2n) is 10.1. The van der Waals surface area contributed by atoms with Gasteiger partial charge >= 0.3 is 11.9 Å². The van der Waals surface area contributed by atoms with Crippen LogP contribution in [0.4, 0.5) is 34.1 Å². The Bertz CT molecular complexity index is 1600. The van der Waals surface area contributed by atoms with Gasteiger partial charge in [0.15, 0.2) is 0 Å². The first-order valence-electron chi connectivity index (χ1n) is 15.5. The summed E-state index contributed by atoms with van der Waals surface area (Å²) < 4.78 is 22.2. The molecule has 0 aliphatic heterocycles. The summed E-state index contributed by atoms with van der Waals surface area (Å²) in [5.41, 5.74) is 3.36. The molecule has 0 aliphatic carbocycles. The van der Waals surface area contributed by atoms with E-state index in [4.69, 9.17) is 42.1 Å². The van der Waals surface area contributed by atoms with Gasteiger partial charge in [-0.2, -0.15) is 10.2 Å². The van der Waals surface area contributed by atoms with E-state index in [-0.39, 0.29) is 43.5 Å². The Kier molecular flexibility index (Phi) is 16.2. The van der Waals surface area contributed by atoms with Gasteiger partial charge in [0.25, 0.3) is 5.69 Å². The van der Waals surface area contributed by atoms with Gasteiger partial charge < -0.3 is 23.8 Å². The molecule has 0 saturated heterocycles. The Morgan fingerprint density at radius 1 is 0.755 bits per heavy atom. The lowest BCUT2D eigenvalue weighted by atomic mass is 10.1. The summed E-state index contributed by atoms with van der Waals surface area (Å²) in [4.78, 5) is 36.0. The molecule has 0 amide bonds. The van der Waals surface area contributed by atoms with Crippen LogP contribution in [0.3, 0.4) is 0 Å². The largest absolute Gasteiger partial charge is 0.491 e. The van der Waals surface area contributed by atoms with E-state index < -0.39 is 16.9 Å². The van der Waals surface area contributed by atoms with Gasteiger partial charge in [0, 0.05) is 41.7 Å². The molecule has 0 bridgehead atoms. The standard InChI is InChI=1S/C33H38Cl2N6O8/c1-4-46-30-22-29(31(47-5-2)21-28(30)38-36-24-6-8-25(9-7-24)41(44)45)39-37-27-11-10-26(20-23(27)3)40(16-18-48-32(42)12-14-34)17-19-49-33(43)13-15-35/h6-11,20-22H,4-5,12-19H2,1-3H3/b38-36+,39-37+. The van der Waals surface area contributed by atoms with Crippen LogP contribution in [0.25, 0.3) is 0 Å². The molecule has 0 radical (unpaired) electrons. The van der Waals surface area contributed by atoms with Crippen LogP contribution >= 0.6 is 23.2 Å². The molecule has 0 fully saturated rings. The zero-order valence-corrected chi connectivity index (χ0v) is 29.0. The number of carbonyl (C=O) groups excluding carboxylic acids is 2. The van der Waals surface area contributed by atoms with Gasteiger partial charge in [-0.1, -0.05) is 0 Å². The minimum atomic E-state index is -0.487. The van der Waals surface area contributed by atoms with Crippen LogP contribution in [0.5, 0.6) is 11.5 Å². The summed E-state index contributed by atoms with van der Waals surface area (Å²) in [6.45, 7) is 7.20. The van der Waals surface area contributed by atoms with Crippen molar-refractivity contribution >= 4 is 69.3 Å². The second kappa shape index (κ2) is 20.5. The first kappa shape index (κ1) is 38.6. The van der Waals surface area contributed by atoms with Crippen molar-refractivity contribution in [2.75, 3.05) is 56.2 Å². The first-order chi connectivity index (χ1) is 23.7. The third kappa shape index (κ3) is 12.6. The molecule has 14 nitrogen and oxygen atoms in total. The second-order valence-corrected chi connectivity index (χ2v) is 10.9. The van der Waals surface area contributed by atoms with Crippen molar-refractivity contribution in [3.63, 3.8) is 0 Å². The number of hydrogen-bond acceptors (Lipinski definition) is 13. The predicted octanol–water partition coefficient (Wildman–Crippen LogP) is 8.68. The third-order valence-electron chi connectivity index (χ3n) is 6.63. The van der Waals surface area contributed by atoms with Gasteiger partial charge in [-0.25, -0.2) is 0 Å². The van der Waals surface area contributed by atoms with Crippen molar-refractivity contribution in [2.45, 2.75) is 33.6 Å². The zero-order chi connectivity index (χ0) is 35.6. The lowest BCUT2D eigenvalue weighted by molar-refractivity contribution is -0.384. The number of benzene rings is 3. The van der Waals surface area contributed by atoms with Crippen molar-refractivity contribution in [2.24, 2.45) is 20.5 Å². The molecule has 0 unspecified atom stereocenters. The molecule has 0 heterocycles. The number of carbonyl (C=O) groups is 2. The summed E-state index contributed by atoms with van der Waals surface area (Å²) in [6, 6.07) is 14.6. The summed E-state index contributed by atoms with van der Waals surface area (Å²) >= 11 is 11.3. The van der Waals surface area contributed by atoms with Crippen LogP contribution in [-0.4, -0.2) is 68.1 Å². The normalized spacial score (nSPS) is 11.1. The van der Waals surface area contributed by atoms with E-state index in [0.717, 1.165) is 11.3 Å². The molecular formula is C33H38Cl2N6O8. The van der Waals surface area contributed by atoms with Gasteiger partial charge in [0.1, 0.15) is 36.1 Å². The monoisotopic (exact) mass is 716 g/mol. The molecule has 0 spiro atoms. The SMILES string of the molecule is CCOc1cc(/N=N/c2ccc(N(CCOC(=O)CCCl)CCOC(=O)CCCl)cc2C)c(OCC)cc1/N=N/c1ccc([N+](=O)[O-])cc1. The van der Waals surface area contributed by atoms with Crippen LogP contribution in [-0.2, 0) is 19.1 Å². The maximum atomic E-state index is 11.8. The molecule has 0 aromatic heterocycles. The fraction of sp³-hybridized carbons (Fsp3) is 0.394. The minimum absolute atomic E-state index is 0.0493. The Labute approximate surface area is 294 Å². The van der Waals surface area contributed by atoms with Crippen molar-refractivity contribution in [3.05, 3.63) is 70.3 Å². The van der Waals surface area contributed by atoms with E-state index in [1.165, 1.54) is 24.3 Å². The van der Waals surface area contributed by atoms with Gasteiger partial charge in [-0.15, -0.1) is 33.4 Å². The summed E-state index contributed by atoms with van der Waals surface area (Å²) in [5.74, 6) is 0.358. The van der Waals surface area contributed by atoms with Crippen molar-refractivity contribution in [1.29, 1.82) is 0 Å². The number of alkyl halides is 2. The lowest BCUT2D eigenvalue weighted by Crippen LogP contribution is -2.32. The first-order valence-corrected chi connectivity index (χ1v) is 16.6. The average molecular weight is 718 g/mol. The van der Waals surface area contributed by atoms with E-state index in [0.29, 0.717) is 60.6 Å². The number of anilines is 1. The van der Waals surface area contributed by atoms with Crippen LogP contribution in [0, 0.1) is 17.0 Å². The van der Waals surface area contributed by atoms with Crippen molar-refractivity contribution in [1.82, 2.24) is 0 Å². The molecule has 262 valence electrons. The minimum Gasteiger partial charge on any atom is -0.491 e. The van der Waals surface area contributed by atoms with Gasteiger partial charge in [-0.3, -0.25) is 19.7 Å². The number of non-ortho nitro benzene ring substituents is 1. The smallest absolute Gasteiger partial charge is 0.307 e. The van der Waals surface area contributed by atoms with E-state index in [1.54, 1.807) is 18.2 Å². The molecular weight excluding hydrogens is 679 g/mol. The number of aryl methyl sites for hydroxylation is 1. The molecule has 3 rings (SSSR count). The van der Waals surface area contributed by atoms with E-state index in [9.17, 15) is 19.7 Å². The van der Waals surface area contributed by atoms with Crippen LogP contribution in [0.2, 0.25) is 0 Å². The maximum Gasteiger partial charge on any atom is 0.307 e. The number of nitrogens with zero attached hydrogens (tertiary/aromatic N) is 6. The number of hydrogen-bond donors (Lipinski definition) is 0. The Morgan fingerprint density at radius 2 is 1.27 bits per heavy atom. The zero-order valence-electron chi connectivity index (χ0n) is 27.5. The number of halogens is 2. The summed E-state index contributed by atoms with van der Waals surface area (Å²) in [5, 5.41) is 28.4. The summed E-state index contributed by atoms with van der Waals surface area (Å²) in [6.07, 6.45) is 0.227. The highest BCUT2D eigenvalue weighted by Gasteiger charge is 2.15. The maximum absolute atomic E-state index is 11.8. The number of nitro benzene ring substituents is 1.